The van der Waals surface area contributed by atoms with E-state index in [-0.39, 0.29) is 22.9 Å². The maximum Gasteiger partial charge on any atom is 0.209 e. The Kier molecular flexibility index (Phi) is 9.42. The number of hydrogen-bond acceptors (Lipinski definition) is 5. The van der Waals surface area contributed by atoms with Gasteiger partial charge in [-0.2, -0.15) is 5.10 Å². The summed E-state index contributed by atoms with van der Waals surface area (Å²) in [5.74, 6) is -0.115. The molecule has 0 saturated carbocycles. The summed E-state index contributed by atoms with van der Waals surface area (Å²) in [7, 11) is 1.71. The highest BCUT2D eigenvalue weighted by Gasteiger charge is 2.26. The highest BCUT2D eigenvalue weighted by molar-refractivity contribution is 6.29. The highest BCUT2D eigenvalue weighted by Crippen LogP contribution is 2.34. The largest absolute Gasteiger partial charge is 0.379 e. The van der Waals surface area contributed by atoms with Crippen LogP contribution in [0.1, 0.15) is 82.8 Å². The second-order valence-electron chi connectivity index (χ2n) is 11.9. The Balaban J connectivity index is 0.000000599. The van der Waals surface area contributed by atoms with E-state index < -0.39 is 0 Å². The van der Waals surface area contributed by atoms with Crippen LogP contribution in [0.5, 0.6) is 0 Å². The minimum Gasteiger partial charge on any atom is -0.379 e. The van der Waals surface area contributed by atoms with Crippen LogP contribution < -0.4 is 5.32 Å². The molecule has 0 aliphatic carbocycles. The summed E-state index contributed by atoms with van der Waals surface area (Å²) < 4.78 is 21.7. The minimum absolute atomic E-state index is 0.0417. The van der Waals surface area contributed by atoms with Gasteiger partial charge in [0, 0.05) is 38.2 Å². The van der Waals surface area contributed by atoms with E-state index in [1.807, 2.05) is 33.8 Å². The molecule has 1 aliphatic rings. The molecule has 7 nitrogen and oxygen atoms in total. The molecule has 0 atom stereocenters. The van der Waals surface area contributed by atoms with Gasteiger partial charge in [0.25, 0.3) is 0 Å². The topological polar surface area (TPSA) is 71.8 Å². The number of halogens is 2. The van der Waals surface area contributed by atoms with E-state index >= 15 is 4.39 Å². The van der Waals surface area contributed by atoms with Crippen molar-refractivity contribution >= 4 is 29.3 Å². The molecule has 0 bridgehead atoms. The zero-order chi connectivity index (χ0) is 28.3. The number of fused-ring (bicyclic) bond motifs is 1. The number of benzene rings is 1. The van der Waals surface area contributed by atoms with Crippen molar-refractivity contribution in [3.05, 3.63) is 57.8 Å². The summed E-state index contributed by atoms with van der Waals surface area (Å²) in [6, 6.07) is 7.03. The van der Waals surface area contributed by atoms with E-state index in [9.17, 15) is 4.79 Å². The Labute approximate surface area is 230 Å². The molecule has 0 unspecified atom stereocenters. The van der Waals surface area contributed by atoms with Gasteiger partial charge in [0.1, 0.15) is 5.82 Å². The molecule has 9 heteroatoms. The SMILES string of the molecule is COC(C)(C)C.Cc1nc2c(NC(C)(C)C)cc(Cl)nn2c1Cc1cccc(F)c1C1CCN(C=O)CC1. The summed E-state index contributed by atoms with van der Waals surface area (Å²) in [6.45, 7) is 15.5. The van der Waals surface area contributed by atoms with Gasteiger partial charge in [0.15, 0.2) is 10.8 Å². The number of aryl methyl sites for hydroxylation is 1. The Morgan fingerprint density at radius 3 is 2.37 bits per heavy atom. The molecule has 208 valence electrons. The molecule has 38 heavy (non-hydrogen) atoms. The van der Waals surface area contributed by atoms with Crippen molar-refractivity contribution in [3.63, 3.8) is 0 Å². The standard InChI is InChI=1S/C24H29ClFN5O.C5H12O/c1-15-20(31-23(27-15)19(13-21(25)29-31)28-24(2,3)4)12-17-6-5-7-18(26)22(17)16-8-10-30(14-32)11-9-16;1-5(2,3)6-4/h5-7,13-14,16,28H,8-12H2,1-4H3;1-4H3. The molecule has 2 aromatic heterocycles. The Bertz CT molecular complexity index is 1250. The number of aromatic nitrogens is 3. The molecule has 1 amide bonds. The zero-order valence-corrected chi connectivity index (χ0v) is 24.6. The molecule has 0 spiro atoms. The predicted molar refractivity (Wildman–Crippen MR) is 152 cm³/mol. The quantitative estimate of drug-likeness (QED) is 0.376. The van der Waals surface area contributed by atoms with Crippen LogP contribution in [0.25, 0.3) is 5.65 Å². The van der Waals surface area contributed by atoms with Crippen LogP contribution in [0.2, 0.25) is 5.15 Å². The van der Waals surface area contributed by atoms with Crippen molar-refractivity contribution in [2.45, 2.75) is 84.8 Å². The fourth-order valence-electron chi connectivity index (χ4n) is 4.51. The minimum atomic E-state index is -0.195. The van der Waals surface area contributed by atoms with E-state index in [2.05, 4.69) is 31.2 Å². The molecular weight excluding hydrogens is 505 g/mol. The Morgan fingerprint density at radius 2 is 1.82 bits per heavy atom. The number of carbonyl (C=O) groups is 1. The van der Waals surface area contributed by atoms with Gasteiger partial charge in [-0.3, -0.25) is 4.79 Å². The van der Waals surface area contributed by atoms with E-state index in [0.717, 1.165) is 47.5 Å². The number of likely N-dealkylation sites (tertiary alicyclic amines) is 1. The molecule has 0 radical (unpaired) electrons. The van der Waals surface area contributed by atoms with E-state index in [0.29, 0.717) is 30.3 Å². The van der Waals surface area contributed by atoms with Crippen LogP contribution in [-0.2, 0) is 16.0 Å². The Morgan fingerprint density at radius 1 is 1.18 bits per heavy atom. The molecule has 3 aromatic rings. The summed E-state index contributed by atoms with van der Waals surface area (Å²) in [6.07, 6.45) is 2.88. The van der Waals surface area contributed by atoms with Crippen LogP contribution >= 0.6 is 11.6 Å². The lowest BCUT2D eigenvalue weighted by atomic mass is 9.85. The smallest absolute Gasteiger partial charge is 0.209 e. The molecule has 4 rings (SSSR count). The molecule has 1 saturated heterocycles. The van der Waals surface area contributed by atoms with Gasteiger partial charge in [-0.15, -0.1) is 0 Å². The van der Waals surface area contributed by atoms with Gasteiger partial charge in [-0.05, 0) is 84.4 Å². The normalized spacial score (nSPS) is 14.8. The van der Waals surface area contributed by atoms with E-state index in [1.54, 1.807) is 28.7 Å². The second-order valence-corrected chi connectivity index (χ2v) is 12.2. The highest BCUT2D eigenvalue weighted by atomic mass is 35.5. The molecule has 1 N–H and O–H groups in total. The number of imidazole rings is 1. The first kappa shape index (κ1) is 29.8. The van der Waals surface area contributed by atoms with Gasteiger partial charge >= 0.3 is 0 Å². The number of hydrogen-bond donors (Lipinski definition) is 1. The van der Waals surface area contributed by atoms with Crippen molar-refractivity contribution in [1.82, 2.24) is 19.5 Å². The van der Waals surface area contributed by atoms with Gasteiger partial charge < -0.3 is 15.0 Å². The third-order valence-corrected chi connectivity index (χ3v) is 6.74. The van der Waals surface area contributed by atoms with E-state index in [4.69, 9.17) is 21.3 Å². The Hall–Kier alpha value is -2.71. The van der Waals surface area contributed by atoms with Crippen molar-refractivity contribution in [1.29, 1.82) is 0 Å². The maximum absolute atomic E-state index is 15.0. The first-order chi connectivity index (χ1) is 17.7. The van der Waals surface area contributed by atoms with Crippen LogP contribution in [-0.4, -0.2) is 57.2 Å². The van der Waals surface area contributed by atoms with Crippen LogP contribution in [0.15, 0.2) is 24.3 Å². The number of rotatable bonds is 5. The van der Waals surface area contributed by atoms with Crippen LogP contribution in [0.3, 0.4) is 0 Å². The van der Waals surface area contributed by atoms with Gasteiger partial charge in [-0.1, -0.05) is 23.7 Å². The van der Waals surface area contributed by atoms with E-state index in [1.165, 1.54) is 6.07 Å². The maximum atomic E-state index is 15.0. The average Bonchev–Trinajstić information content (AvgIpc) is 3.13. The number of methoxy groups -OCH3 is 1. The number of amides is 1. The summed E-state index contributed by atoms with van der Waals surface area (Å²) in [5, 5.41) is 8.32. The second kappa shape index (κ2) is 12.0. The predicted octanol–water partition coefficient (Wildman–Crippen LogP) is 6.40. The van der Waals surface area contributed by atoms with Gasteiger partial charge in [0.2, 0.25) is 6.41 Å². The lowest BCUT2D eigenvalue weighted by Gasteiger charge is -2.30. The summed E-state index contributed by atoms with van der Waals surface area (Å²) >= 11 is 6.35. The number of carbonyl (C=O) groups excluding carboxylic acids is 1. The van der Waals surface area contributed by atoms with Crippen LogP contribution in [0.4, 0.5) is 10.1 Å². The third-order valence-electron chi connectivity index (χ3n) is 6.56. The molecule has 3 heterocycles. The first-order valence-electron chi connectivity index (χ1n) is 13.1. The van der Waals surface area contributed by atoms with Crippen LogP contribution in [0, 0.1) is 12.7 Å². The lowest BCUT2D eigenvalue weighted by Crippen LogP contribution is -2.32. The molecule has 1 aromatic carbocycles. The fraction of sp³-hybridized carbons (Fsp3) is 0.552. The van der Waals surface area contributed by atoms with Crippen molar-refractivity contribution < 1.29 is 13.9 Å². The summed E-state index contributed by atoms with van der Waals surface area (Å²) in [5.41, 5.74) is 4.77. The lowest BCUT2D eigenvalue weighted by molar-refractivity contribution is -0.119. The summed E-state index contributed by atoms with van der Waals surface area (Å²) in [4.78, 5) is 17.6. The first-order valence-corrected chi connectivity index (χ1v) is 13.4. The number of nitrogens with one attached hydrogen (secondary N) is 1. The monoisotopic (exact) mass is 545 g/mol. The number of nitrogens with zero attached hydrogens (tertiary/aromatic N) is 4. The van der Waals surface area contributed by atoms with Crippen molar-refractivity contribution in [3.8, 4) is 0 Å². The molecule has 1 aliphatic heterocycles. The number of anilines is 1. The fourth-order valence-corrected chi connectivity index (χ4v) is 4.69. The van der Waals surface area contributed by atoms with Gasteiger partial charge in [0.05, 0.1) is 22.7 Å². The molecular formula is C29H41ClFN5O2. The number of piperidine rings is 1. The molecule has 1 fully saturated rings. The van der Waals surface area contributed by atoms with Crippen molar-refractivity contribution in [2.75, 3.05) is 25.5 Å². The average molecular weight is 546 g/mol. The van der Waals surface area contributed by atoms with Crippen molar-refractivity contribution in [2.24, 2.45) is 0 Å². The van der Waals surface area contributed by atoms with Gasteiger partial charge in [-0.25, -0.2) is 13.9 Å². The zero-order valence-electron chi connectivity index (χ0n) is 23.9. The number of ether oxygens (including phenoxy) is 1. The third kappa shape index (κ3) is 7.67.